The van der Waals surface area contributed by atoms with E-state index in [0.717, 1.165) is 11.8 Å². The number of ether oxygens (including phenoxy) is 5. The van der Waals surface area contributed by atoms with Crippen LogP contribution < -0.4 is 4.74 Å². The van der Waals surface area contributed by atoms with Gasteiger partial charge in [-0.25, -0.2) is 0 Å². The second-order valence-electron chi connectivity index (χ2n) is 5.70. The molecule has 0 aliphatic rings. The zero-order valence-corrected chi connectivity index (χ0v) is 16.5. The van der Waals surface area contributed by atoms with Crippen LogP contribution >= 0.6 is 11.6 Å². The predicted molar refractivity (Wildman–Crippen MR) is 101 cm³/mol. The van der Waals surface area contributed by atoms with E-state index in [1.54, 1.807) is 12.1 Å². The zero-order valence-electron chi connectivity index (χ0n) is 15.7. The lowest BCUT2D eigenvalue weighted by Gasteiger charge is -2.15. The number of halogens is 1. The van der Waals surface area contributed by atoms with Crippen molar-refractivity contribution in [3.05, 3.63) is 28.8 Å². The minimum Gasteiger partial charge on any atom is -0.464 e. The normalized spacial score (nSPS) is 12.1. The zero-order chi connectivity index (χ0) is 19.7. The van der Waals surface area contributed by atoms with Crippen LogP contribution in [0.4, 0.5) is 0 Å². The van der Waals surface area contributed by atoms with Crippen molar-refractivity contribution in [2.24, 2.45) is 0 Å². The van der Waals surface area contributed by atoms with Crippen LogP contribution in [0.1, 0.15) is 18.4 Å². The first-order valence-electron chi connectivity index (χ1n) is 8.99. The number of carbonyl (C=O) groups excluding carboxylic acids is 1. The molecule has 0 aliphatic heterocycles. The minimum absolute atomic E-state index is 0.331. The highest BCUT2D eigenvalue weighted by Crippen LogP contribution is 2.26. The summed E-state index contributed by atoms with van der Waals surface area (Å²) in [6, 6.07) is 5.38. The molecule has 7 nitrogen and oxygen atoms in total. The summed E-state index contributed by atoms with van der Waals surface area (Å²) < 4.78 is 26.6. The molecule has 8 heteroatoms. The lowest BCUT2D eigenvalue weighted by Crippen LogP contribution is -2.19. The highest BCUT2D eigenvalue weighted by Gasteiger charge is 2.09. The van der Waals surface area contributed by atoms with Crippen LogP contribution in [0.2, 0.25) is 5.02 Å². The summed E-state index contributed by atoms with van der Waals surface area (Å²) in [7, 11) is 0. The summed E-state index contributed by atoms with van der Waals surface area (Å²) in [6.45, 7) is 5.46. The van der Waals surface area contributed by atoms with Gasteiger partial charge in [0.25, 0.3) is 0 Å². The summed E-state index contributed by atoms with van der Waals surface area (Å²) in [5.74, 6) is 0.451. The maximum Gasteiger partial charge on any atom is 0.199 e. The third kappa shape index (κ3) is 12.7. The molecule has 0 saturated heterocycles. The van der Waals surface area contributed by atoms with E-state index in [4.69, 9.17) is 35.3 Å². The largest absolute Gasteiger partial charge is 0.464 e. The van der Waals surface area contributed by atoms with Crippen molar-refractivity contribution >= 4 is 17.9 Å². The van der Waals surface area contributed by atoms with Gasteiger partial charge in [-0.1, -0.05) is 17.7 Å². The quantitative estimate of drug-likeness (QED) is 0.242. The number of benzene rings is 1. The van der Waals surface area contributed by atoms with Crippen LogP contribution in [-0.2, 0) is 23.7 Å². The van der Waals surface area contributed by atoms with Crippen molar-refractivity contribution in [1.29, 1.82) is 0 Å². The fourth-order valence-corrected chi connectivity index (χ4v) is 2.26. The Morgan fingerprint density at radius 1 is 0.963 bits per heavy atom. The molecule has 0 aliphatic carbocycles. The van der Waals surface area contributed by atoms with Gasteiger partial charge >= 0.3 is 0 Å². The van der Waals surface area contributed by atoms with Crippen LogP contribution in [0.25, 0.3) is 0 Å². The van der Waals surface area contributed by atoms with Crippen LogP contribution in [-0.4, -0.2) is 70.5 Å². The van der Waals surface area contributed by atoms with Gasteiger partial charge in [0, 0.05) is 12.8 Å². The topological polar surface area (TPSA) is 83.5 Å². The molecule has 0 spiro atoms. The summed E-state index contributed by atoms with van der Waals surface area (Å²) >= 11 is 6.05. The van der Waals surface area contributed by atoms with E-state index in [9.17, 15) is 9.90 Å². The molecule has 0 heterocycles. The van der Waals surface area contributed by atoms with Gasteiger partial charge in [-0.3, -0.25) is 0 Å². The third-order valence-electron chi connectivity index (χ3n) is 3.36. The number of aldehydes is 1. The Kier molecular flexibility index (Phi) is 13.9. The Balaban J connectivity index is 1.89. The number of rotatable bonds is 17. The summed E-state index contributed by atoms with van der Waals surface area (Å²) in [5.41, 5.74) is 1.03. The van der Waals surface area contributed by atoms with Crippen molar-refractivity contribution in [1.82, 2.24) is 0 Å². The van der Waals surface area contributed by atoms with Gasteiger partial charge < -0.3 is 33.6 Å². The van der Waals surface area contributed by atoms with Crippen LogP contribution in [0.5, 0.6) is 5.75 Å². The van der Waals surface area contributed by atoms with Crippen LogP contribution in [0, 0.1) is 6.92 Å². The number of hydrogen-bond acceptors (Lipinski definition) is 7. The SMILES string of the molecule is Cc1ccc(OC(O)CCOCCOCCOCCOCCC=O)c(Cl)c1. The summed E-state index contributed by atoms with van der Waals surface area (Å²) in [5, 5.41) is 10.3. The Hall–Kier alpha value is -1.22. The Morgan fingerprint density at radius 3 is 2.07 bits per heavy atom. The molecule has 1 aromatic carbocycles. The summed E-state index contributed by atoms with van der Waals surface area (Å²) in [4.78, 5) is 10.1. The van der Waals surface area contributed by atoms with E-state index in [2.05, 4.69) is 0 Å². The first-order valence-corrected chi connectivity index (χ1v) is 9.36. The molecule has 0 bridgehead atoms. The Bertz CT molecular complexity index is 513. The molecule has 1 unspecified atom stereocenters. The molecule has 1 rings (SSSR count). The first kappa shape index (κ1) is 23.8. The predicted octanol–water partition coefficient (Wildman–Crippen LogP) is 2.39. The van der Waals surface area contributed by atoms with Gasteiger partial charge in [0.1, 0.15) is 12.0 Å². The maximum absolute atomic E-state index is 10.1. The smallest absolute Gasteiger partial charge is 0.199 e. The van der Waals surface area contributed by atoms with Gasteiger partial charge in [0.15, 0.2) is 6.29 Å². The standard InChI is InChI=1S/C19H29ClO7/c1-16-3-4-18(17(20)15-16)27-19(22)5-8-24-10-12-26-14-13-25-11-9-23-7-2-6-21/h3-4,6,15,19,22H,2,5,7-14H2,1H3. The van der Waals surface area contributed by atoms with E-state index in [1.807, 2.05) is 13.0 Å². The second-order valence-corrected chi connectivity index (χ2v) is 6.11. The van der Waals surface area contributed by atoms with Gasteiger partial charge in [-0.05, 0) is 24.6 Å². The fraction of sp³-hybridized carbons (Fsp3) is 0.632. The van der Waals surface area contributed by atoms with Gasteiger partial charge in [0.05, 0.1) is 57.9 Å². The summed E-state index contributed by atoms with van der Waals surface area (Å²) in [6.07, 6.45) is 0.585. The van der Waals surface area contributed by atoms with Gasteiger partial charge in [0.2, 0.25) is 0 Å². The number of aliphatic hydroxyl groups excluding tert-OH is 1. The Morgan fingerprint density at radius 2 is 1.52 bits per heavy atom. The van der Waals surface area contributed by atoms with E-state index in [0.29, 0.717) is 76.5 Å². The van der Waals surface area contributed by atoms with Crippen LogP contribution in [0.15, 0.2) is 18.2 Å². The lowest BCUT2D eigenvalue weighted by atomic mass is 10.2. The molecule has 0 aromatic heterocycles. The average Bonchev–Trinajstić information content (AvgIpc) is 2.64. The number of aryl methyl sites for hydroxylation is 1. The lowest BCUT2D eigenvalue weighted by molar-refractivity contribution is -0.109. The highest BCUT2D eigenvalue weighted by atomic mass is 35.5. The number of hydrogen-bond donors (Lipinski definition) is 1. The van der Waals surface area contributed by atoms with E-state index in [-0.39, 0.29) is 0 Å². The molecule has 1 atom stereocenters. The van der Waals surface area contributed by atoms with Crippen molar-refractivity contribution in [2.45, 2.75) is 26.1 Å². The van der Waals surface area contributed by atoms with Crippen molar-refractivity contribution in [3.8, 4) is 5.75 Å². The van der Waals surface area contributed by atoms with Gasteiger partial charge in [-0.15, -0.1) is 0 Å². The van der Waals surface area contributed by atoms with E-state index >= 15 is 0 Å². The Labute approximate surface area is 165 Å². The van der Waals surface area contributed by atoms with Gasteiger partial charge in [-0.2, -0.15) is 0 Å². The molecule has 1 aromatic rings. The fourth-order valence-electron chi connectivity index (χ4n) is 1.98. The molecule has 154 valence electrons. The van der Waals surface area contributed by atoms with E-state index in [1.165, 1.54) is 0 Å². The first-order chi connectivity index (χ1) is 13.1. The minimum atomic E-state index is -0.978. The average molecular weight is 405 g/mol. The number of aliphatic hydroxyl groups is 1. The maximum atomic E-state index is 10.1. The molecule has 0 radical (unpaired) electrons. The molecular weight excluding hydrogens is 376 g/mol. The molecule has 0 amide bonds. The van der Waals surface area contributed by atoms with Crippen molar-refractivity contribution in [3.63, 3.8) is 0 Å². The molecule has 0 saturated carbocycles. The molecule has 0 fully saturated rings. The van der Waals surface area contributed by atoms with E-state index < -0.39 is 6.29 Å². The third-order valence-corrected chi connectivity index (χ3v) is 3.65. The highest BCUT2D eigenvalue weighted by molar-refractivity contribution is 6.32. The molecular formula is C19H29ClO7. The van der Waals surface area contributed by atoms with Crippen LogP contribution in [0.3, 0.4) is 0 Å². The van der Waals surface area contributed by atoms with Crippen molar-refractivity contribution < 1.29 is 33.6 Å². The molecule has 27 heavy (non-hydrogen) atoms. The molecule has 1 N–H and O–H groups in total. The number of carbonyl (C=O) groups is 1. The second kappa shape index (κ2) is 15.8. The van der Waals surface area contributed by atoms with Crippen molar-refractivity contribution in [2.75, 3.05) is 52.9 Å². The monoisotopic (exact) mass is 404 g/mol.